The van der Waals surface area contributed by atoms with E-state index in [1.807, 2.05) is 6.07 Å². The molecule has 0 spiro atoms. The summed E-state index contributed by atoms with van der Waals surface area (Å²) in [5.74, 6) is 0.800. The number of nitrogens with zero attached hydrogens (tertiary/aromatic N) is 4. The van der Waals surface area contributed by atoms with Crippen molar-refractivity contribution in [2.24, 2.45) is 4.99 Å². The monoisotopic (exact) mass is 475 g/mol. The van der Waals surface area contributed by atoms with E-state index in [-0.39, 0.29) is 34.6 Å². The fourth-order valence-electron chi connectivity index (χ4n) is 3.52. The highest BCUT2D eigenvalue weighted by molar-refractivity contribution is 14.0. The quantitative estimate of drug-likeness (QED) is 0.235. The van der Waals surface area contributed by atoms with Crippen LogP contribution in [0.1, 0.15) is 12.0 Å². The number of aliphatic imine (C=N–C) groups is 1. The summed E-state index contributed by atoms with van der Waals surface area (Å²) in [7, 11) is 1.75. The maximum Gasteiger partial charge on any atom is 0.274 e. The largest absolute Gasteiger partial charge is 0.379 e. The number of nitro groups is 1. The highest BCUT2D eigenvalue weighted by Crippen LogP contribution is 2.19. The van der Waals surface area contributed by atoms with Crippen LogP contribution in [0.15, 0.2) is 29.3 Å². The van der Waals surface area contributed by atoms with Crippen molar-refractivity contribution >= 4 is 35.6 Å². The topological polar surface area (TPSA) is 83.2 Å². The highest BCUT2D eigenvalue weighted by atomic mass is 127. The number of halogens is 1. The molecule has 0 amide bonds. The zero-order valence-electron chi connectivity index (χ0n) is 15.0. The fraction of sp³-hybridized carbons (Fsp3) is 0.588. The lowest BCUT2D eigenvalue weighted by atomic mass is 10.2. The van der Waals surface area contributed by atoms with Gasteiger partial charge in [-0.15, -0.1) is 24.0 Å². The minimum Gasteiger partial charge on any atom is -0.379 e. The molecule has 144 valence electrons. The van der Waals surface area contributed by atoms with Gasteiger partial charge in [0, 0.05) is 57.4 Å². The molecule has 1 aromatic rings. The molecule has 0 saturated carbocycles. The smallest absolute Gasteiger partial charge is 0.274 e. The summed E-state index contributed by atoms with van der Waals surface area (Å²) in [5.41, 5.74) is 0.802. The second-order valence-electron chi connectivity index (χ2n) is 6.32. The van der Waals surface area contributed by atoms with E-state index in [0.29, 0.717) is 18.2 Å². The zero-order valence-corrected chi connectivity index (χ0v) is 17.3. The van der Waals surface area contributed by atoms with Gasteiger partial charge in [-0.05, 0) is 6.42 Å². The number of morpholine rings is 1. The van der Waals surface area contributed by atoms with Crippen molar-refractivity contribution in [3.05, 3.63) is 39.9 Å². The van der Waals surface area contributed by atoms with E-state index in [9.17, 15) is 10.1 Å². The molecule has 26 heavy (non-hydrogen) atoms. The molecule has 1 unspecified atom stereocenters. The van der Waals surface area contributed by atoms with Crippen LogP contribution in [-0.2, 0) is 11.3 Å². The molecule has 0 aliphatic carbocycles. The minimum absolute atomic E-state index is 0. The first-order valence-corrected chi connectivity index (χ1v) is 8.68. The van der Waals surface area contributed by atoms with Crippen molar-refractivity contribution in [2.75, 3.05) is 46.4 Å². The Bertz CT molecular complexity index is 637. The summed E-state index contributed by atoms with van der Waals surface area (Å²) in [6.07, 6.45) is 1.10. The number of likely N-dealkylation sites (tertiary alicyclic amines) is 1. The average molecular weight is 475 g/mol. The lowest BCUT2D eigenvalue weighted by Crippen LogP contribution is -2.46. The lowest BCUT2D eigenvalue weighted by molar-refractivity contribution is -0.385. The van der Waals surface area contributed by atoms with Gasteiger partial charge in [-0.1, -0.05) is 18.2 Å². The number of guanidine groups is 1. The molecule has 2 heterocycles. The van der Waals surface area contributed by atoms with Crippen molar-refractivity contribution in [3.63, 3.8) is 0 Å². The van der Waals surface area contributed by atoms with Crippen LogP contribution >= 0.6 is 24.0 Å². The van der Waals surface area contributed by atoms with Crippen LogP contribution in [-0.4, -0.2) is 73.2 Å². The third-order valence-electron chi connectivity index (χ3n) is 4.86. The van der Waals surface area contributed by atoms with Gasteiger partial charge in [0.15, 0.2) is 5.96 Å². The lowest BCUT2D eigenvalue weighted by Gasteiger charge is -2.32. The van der Waals surface area contributed by atoms with Crippen LogP contribution in [0.4, 0.5) is 5.69 Å². The molecule has 2 saturated heterocycles. The van der Waals surface area contributed by atoms with Crippen molar-refractivity contribution in [1.29, 1.82) is 0 Å². The molecular formula is C17H26IN5O3. The molecule has 2 aliphatic heterocycles. The maximum absolute atomic E-state index is 11.1. The predicted octanol–water partition coefficient (Wildman–Crippen LogP) is 1.69. The maximum atomic E-state index is 11.1. The molecule has 1 N–H and O–H groups in total. The second kappa shape index (κ2) is 10.0. The van der Waals surface area contributed by atoms with Gasteiger partial charge in [-0.2, -0.15) is 0 Å². The van der Waals surface area contributed by atoms with Crippen LogP contribution in [0.5, 0.6) is 0 Å². The molecule has 2 fully saturated rings. The molecule has 0 radical (unpaired) electrons. The van der Waals surface area contributed by atoms with E-state index in [4.69, 9.17) is 4.74 Å². The first-order valence-electron chi connectivity index (χ1n) is 8.68. The molecule has 0 aromatic heterocycles. The van der Waals surface area contributed by atoms with Crippen molar-refractivity contribution in [3.8, 4) is 0 Å². The van der Waals surface area contributed by atoms with Gasteiger partial charge in [-0.25, -0.2) is 0 Å². The molecule has 3 rings (SSSR count). The third-order valence-corrected chi connectivity index (χ3v) is 4.86. The Hall–Kier alpha value is -1.46. The molecule has 9 heteroatoms. The molecule has 2 aliphatic rings. The molecular weight excluding hydrogens is 449 g/mol. The Kier molecular flexibility index (Phi) is 8.04. The number of hydrogen-bond acceptors (Lipinski definition) is 5. The minimum atomic E-state index is -0.343. The number of para-hydroxylation sites is 1. The van der Waals surface area contributed by atoms with Crippen LogP contribution in [0.2, 0.25) is 0 Å². The number of nitrogens with one attached hydrogen (secondary N) is 1. The van der Waals surface area contributed by atoms with E-state index >= 15 is 0 Å². The van der Waals surface area contributed by atoms with E-state index in [1.165, 1.54) is 6.07 Å². The van der Waals surface area contributed by atoms with E-state index in [1.54, 1.807) is 19.2 Å². The summed E-state index contributed by atoms with van der Waals surface area (Å²) >= 11 is 0. The molecule has 0 bridgehead atoms. The summed E-state index contributed by atoms with van der Waals surface area (Å²) in [6.45, 7) is 5.85. The third kappa shape index (κ3) is 5.04. The average Bonchev–Trinajstić information content (AvgIpc) is 3.13. The first-order chi connectivity index (χ1) is 12.2. The summed E-state index contributed by atoms with van der Waals surface area (Å²) in [5, 5.41) is 14.4. The Morgan fingerprint density at radius 2 is 2.08 bits per heavy atom. The van der Waals surface area contributed by atoms with E-state index in [2.05, 4.69) is 20.1 Å². The Balaban J connectivity index is 0.00000243. The number of hydrogen-bond donors (Lipinski definition) is 1. The zero-order chi connectivity index (χ0) is 17.6. The van der Waals surface area contributed by atoms with Gasteiger partial charge >= 0.3 is 0 Å². The van der Waals surface area contributed by atoms with Crippen molar-refractivity contribution in [2.45, 2.75) is 19.0 Å². The van der Waals surface area contributed by atoms with E-state index in [0.717, 1.165) is 51.8 Å². The molecule has 1 atom stereocenters. The second-order valence-corrected chi connectivity index (χ2v) is 6.32. The first kappa shape index (κ1) is 20.8. The van der Waals surface area contributed by atoms with E-state index < -0.39 is 0 Å². The molecule has 8 nitrogen and oxygen atoms in total. The number of nitro benzene ring substituents is 1. The van der Waals surface area contributed by atoms with Gasteiger partial charge in [0.25, 0.3) is 5.69 Å². The van der Waals surface area contributed by atoms with Crippen LogP contribution in [0.3, 0.4) is 0 Å². The summed E-state index contributed by atoms with van der Waals surface area (Å²) in [4.78, 5) is 19.9. The summed E-state index contributed by atoms with van der Waals surface area (Å²) in [6, 6.07) is 7.33. The Morgan fingerprint density at radius 3 is 2.77 bits per heavy atom. The Morgan fingerprint density at radius 1 is 1.35 bits per heavy atom. The standard InChI is InChI=1S/C17H25N5O3.HI/c1-18-17(19-12-14-4-2-3-5-16(14)22(23)24)21-7-6-15(13-21)20-8-10-25-11-9-20;/h2-5,15H,6-13H2,1H3,(H,18,19);1H. The van der Waals surface area contributed by atoms with Gasteiger partial charge in [-0.3, -0.25) is 20.0 Å². The van der Waals surface area contributed by atoms with Gasteiger partial charge in [0.2, 0.25) is 0 Å². The van der Waals surface area contributed by atoms with Gasteiger partial charge in [0.05, 0.1) is 18.1 Å². The van der Waals surface area contributed by atoms with Crippen molar-refractivity contribution in [1.82, 2.24) is 15.1 Å². The van der Waals surface area contributed by atoms with Gasteiger partial charge < -0.3 is 15.0 Å². The number of ether oxygens (including phenoxy) is 1. The van der Waals surface area contributed by atoms with Crippen LogP contribution in [0.25, 0.3) is 0 Å². The number of benzene rings is 1. The SMILES string of the molecule is CN=C(NCc1ccccc1[N+](=O)[O-])N1CCC(N2CCOCC2)C1.I. The van der Waals surface area contributed by atoms with Crippen LogP contribution < -0.4 is 5.32 Å². The predicted molar refractivity (Wildman–Crippen MR) is 111 cm³/mol. The van der Waals surface area contributed by atoms with Gasteiger partial charge in [0.1, 0.15) is 0 Å². The molecule has 1 aromatic carbocycles. The van der Waals surface area contributed by atoms with Crippen LogP contribution in [0, 0.1) is 10.1 Å². The Labute approximate surface area is 170 Å². The summed E-state index contributed by atoms with van der Waals surface area (Å²) < 4.78 is 5.43. The number of rotatable bonds is 4. The fourth-order valence-corrected chi connectivity index (χ4v) is 3.52. The highest BCUT2D eigenvalue weighted by Gasteiger charge is 2.30. The van der Waals surface area contributed by atoms with Crippen molar-refractivity contribution < 1.29 is 9.66 Å². The normalized spacial score (nSPS) is 21.3.